The molecular weight excluding hydrogens is 208 g/mol. The van der Waals surface area contributed by atoms with Crippen LogP contribution in [0, 0.1) is 5.92 Å². The Morgan fingerprint density at radius 1 is 1.60 bits per heavy atom. The third-order valence-electron chi connectivity index (χ3n) is 2.59. The second-order valence-electron chi connectivity index (χ2n) is 3.77. The maximum Gasteiger partial charge on any atom is 0.229 e. The molecule has 86 valence electrons. The molecule has 0 aromatic rings. The van der Waals surface area contributed by atoms with E-state index in [2.05, 4.69) is 24.2 Å². The van der Waals surface area contributed by atoms with Crippen LogP contribution in [0.5, 0.6) is 0 Å². The number of hydrogen-bond acceptors (Lipinski definition) is 3. The highest BCUT2D eigenvalue weighted by atomic mass is 32.2. The summed E-state index contributed by atoms with van der Waals surface area (Å²) in [6.45, 7) is 5.07. The monoisotopic (exact) mass is 228 g/mol. The summed E-state index contributed by atoms with van der Waals surface area (Å²) < 4.78 is 0. The van der Waals surface area contributed by atoms with E-state index in [1.54, 1.807) is 11.8 Å². The van der Waals surface area contributed by atoms with Gasteiger partial charge in [-0.05, 0) is 12.8 Å². The van der Waals surface area contributed by atoms with Gasteiger partial charge in [-0.1, -0.05) is 38.5 Å². The fourth-order valence-corrected chi connectivity index (χ4v) is 2.32. The van der Waals surface area contributed by atoms with E-state index in [0.29, 0.717) is 0 Å². The summed E-state index contributed by atoms with van der Waals surface area (Å²) in [5, 5.41) is 3.73. The van der Waals surface area contributed by atoms with Gasteiger partial charge in [0.1, 0.15) is 0 Å². The van der Waals surface area contributed by atoms with Crippen molar-refractivity contribution in [1.82, 2.24) is 5.32 Å². The molecule has 1 atom stereocenters. The lowest BCUT2D eigenvalue weighted by atomic mass is 9.99. The van der Waals surface area contributed by atoms with Gasteiger partial charge in [0.25, 0.3) is 0 Å². The molecule has 0 saturated heterocycles. The Labute approximate surface area is 96.1 Å². The number of hydrogen-bond donors (Lipinski definition) is 1. The molecule has 1 amide bonds. The number of amidine groups is 1. The number of thioether (sulfide) groups is 1. The van der Waals surface area contributed by atoms with E-state index in [1.807, 2.05) is 0 Å². The molecule has 0 radical (unpaired) electrons. The number of nitrogens with zero attached hydrogens (tertiary/aromatic N) is 1. The third-order valence-corrected chi connectivity index (χ3v) is 3.48. The zero-order valence-corrected chi connectivity index (χ0v) is 10.4. The smallest absolute Gasteiger partial charge is 0.229 e. The molecule has 15 heavy (non-hydrogen) atoms. The van der Waals surface area contributed by atoms with Crippen LogP contribution in [0.3, 0.4) is 0 Å². The second-order valence-corrected chi connectivity index (χ2v) is 4.86. The minimum atomic E-state index is 0.152. The van der Waals surface area contributed by atoms with Crippen LogP contribution in [0.1, 0.15) is 39.5 Å². The molecule has 1 heterocycles. The summed E-state index contributed by atoms with van der Waals surface area (Å²) in [6, 6.07) is 0. The molecule has 0 bridgehead atoms. The molecule has 1 aliphatic rings. The van der Waals surface area contributed by atoms with E-state index in [9.17, 15) is 4.79 Å². The number of unbranched alkanes of at least 4 members (excludes halogenated alkanes) is 1. The van der Waals surface area contributed by atoms with E-state index in [1.165, 1.54) is 0 Å². The minimum absolute atomic E-state index is 0.152. The number of carbonyl (C=O) groups is 1. The lowest BCUT2D eigenvalue weighted by molar-refractivity contribution is -0.123. The van der Waals surface area contributed by atoms with Crippen LogP contribution in [-0.2, 0) is 4.79 Å². The number of nitrogens with one attached hydrogen (secondary N) is 1. The van der Waals surface area contributed by atoms with Crippen LogP contribution >= 0.6 is 11.8 Å². The molecule has 0 fully saturated rings. The predicted molar refractivity (Wildman–Crippen MR) is 66.2 cm³/mol. The van der Waals surface area contributed by atoms with Crippen LogP contribution in [0.25, 0.3) is 0 Å². The average Bonchev–Trinajstić information content (AvgIpc) is 2.71. The van der Waals surface area contributed by atoms with E-state index >= 15 is 0 Å². The van der Waals surface area contributed by atoms with Crippen molar-refractivity contribution in [3.63, 3.8) is 0 Å². The Morgan fingerprint density at radius 3 is 2.93 bits per heavy atom. The SMILES string of the molecule is CCCC[C@@H](CC)C(=O)NC1=NCCS1. The van der Waals surface area contributed by atoms with E-state index in [0.717, 1.165) is 43.1 Å². The van der Waals surface area contributed by atoms with Crippen molar-refractivity contribution >= 4 is 22.8 Å². The lowest BCUT2D eigenvalue weighted by Gasteiger charge is -2.13. The molecule has 1 rings (SSSR count). The Morgan fingerprint density at radius 2 is 2.40 bits per heavy atom. The summed E-state index contributed by atoms with van der Waals surface area (Å²) in [7, 11) is 0. The largest absolute Gasteiger partial charge is 0.305 e. The van der Waals surface area contributed by atoms with Crippen molar-refractivity contribution in [2.24, 2.45) is 10.9 Å². The quantitative estimate of drug-likeness (QED) is 0.785. The molecular formula is C11H20N2OS. The van der Waals surface area contributed by atoms with Gasteiger partial charge in [0.15, 0.2) is 5.17 Å². The molecule has 4 heteroatoms. The molecule has 0 aliphatic carbocycles. The molecule has 0 aromatic heterocycles. The van der Waals surface area contributed by atoms with Crippen LogP contribution in [0.4, 0.5) is 0 Å². The van der Waals surface area contributed by atoms with Gasteiger partial charge in [-0.2, -0.15) is 0 Å². The van der Waals surface area contributed by atoms with Crippen LogP contribution in [-0.4, -0.2) is 23.4 Å². The fourth-order valence-electron chi connectivity index (χ4n) is 1.59. The minimum Gasteiger partial charge on any atom is -0.305 e. The number of aliphatic imine (C=N–C) groups is 1. The molecule has 0 spiro atoms. The number of amides is 1. The first-order valence-corrected chi connectivity index (χ1v) is 6.74. The van der Waals surface area contributed by atoms with Crippen molar-refractivity contribution in [2.75, 3.05) is 12.3 Å². The van der Waals surface area contributed by atoms with E-state index in [-0.39, 0.29) is 11.8 Å². The van der Waals surface area contributed by atoms with Gasteiger partial charge in [-0.15, -0.1) is 0 Å². The second kappa shape index (κ2) is 6.88. The highest BCUT2D eigenvalue weighted by Crippen LogP contribution is 2.15. The van der Waals surface area contributed by atoms with Gasteiger partial charge in [0, 0.05) is 11.7 Å². The molecule has 0 unspecified atom stereocenters. The van der Waals surface area contributed by atoms with Gasteiger partial charge in [0.05, 0.1) is 6.54 Å². The fraction of sp³-hybridized carbons (Fsp3) is 0.818. The highest BCUT2D eigenvalue weighted by Gasteiger charge is 2.18. The molecule has 0 aromatic carbocycles. The van der Waals surface area contributed by atoms with E-state index in [4.69, 9.17) is 0 Å². The van der Waals surface area contributed by atoms with Crippen LogP contribution in [0.2, 0.25) is 0 Å². The normalized spacial score (nSPS) is 17.3. The number of carbonyl (C=O) groups excluding carboxylic acids is 1. The maximum atomic E-state index is 11.8. The summed E-state index contributed by atoms with van der Waals surface area (Å²) in [4.78, 5) is 16.1. The van der Waals surface area contributed by atoms with Gasteiger partial charge < -0.3 is 5.32 Å². The number of rotatable bonds is 5. The van der Waals surface area contributed by atoms with E-state index < -0.39 is 0 Å². The average molecular weight is 228 g/mol. The Kier molecular flexibility index (Phi) is 5.76. The first kappa shape index (κ1) is 12.6. The van der Waals surface area contributed by atoms with Crippen molar-refractivity contribution < 1.29 is 4.79 Å². The topological polar surface area (TPSA) is 41.5 Å². The summed E-state index contributed by atoms with van der Waals surface area (Å²) >= 11 is 1.64. The van der Waals surface area contributed by atoms with Crippen LogP contribution in [0.15, 0.2) is 4.99 Å². The summed E-state index contributed by atoms with van der Waals surface area (Å²) in [5.41, 5.74) is 0. The van der Waals surface area contributed by atoms with Crippen molar-refractivity contribution in [3.8, 4) is 0 Å². The van der Waals surface area contributed by atoms with Crippen molar-refractivity contribution in [3.05, 3.63) is 0 Å². The maximum absolute atomic E-state index is 11.8. The van der Waals surface area contributed by atoms with Crippen molar-refractivity contribution in [2.45, 2.75) is 39.5 Å². The molecule has 1 aliphatic heterocycles. The van der Waals surface area contributed by atoms with Gasteiger partial charge in [-0.25, -0.2) is 0 Å². The zero-order chi connectivity index (χ0) is 11.1. The summed E-state index contributed by atoms with van der Waals surface area (Å²) in [5.74, 6) is 1.31. The molecule has 1 N–H and O–H groups in total. The Balaban J connectivity index is 2.35. The highest BCUT2D eigenvalue weighted by molar-refractivity contribution is 8.14. The first-order chi connectivity index (χ1) is 7.27. The van der Waals surface area contributed by atoms with Gasteiger partial charge >= 0.3 is 0 Å². The van der Waals surface area contributed by atoms with Crippen LogP contribution < -0.4 is 5.32 Å². The van der Waals surface area contributed by atoms with Crippen molar-refractivity contribution in [1.29, 1.82) is 0 Å². The molecule has 0 saturated carbocycles. The van der Waals surface area contributed by atoms with Gasteiger partial charge in [-0.3, -0.25) is 9.79 Å². The predicted octanol–water partition coefficient (Wildman–Crippen LogP) is 2.42. The zero-order valence-electron chi connectivity index (χ0n) is 9.58. The third kappa shape index (κ3) is 4.24. The standard InChI is InChI=1S/C11H20N2OS/c1-3-5-6-9(4-2)10(14)13-11-12-7-8-15-11/h9H,3-8H2,1-2H3,(H,12,13,14)/t9-/m1/s1. The first-order valence-electron chi connectivity index (χ1n) is 5.76. The molecule has 3 nitrogen and oxygen atoms in total. The Hall–Kier alpha value is -0.510. The Bertz CT molecular complexity index is 241. The van der Waals surface area contributed by atoms with Gasteiger partial charge in [0.2, 0.25) is 5.91 Å². The lowest BCUT2D eigenvalue weighted by Crippen LogP contribution is -2.33. The summed E-state index contributed by atoms with van der Waals surface area (Å²) in [6.07, 6.45) is 4.20.